The van der Waals surface area contributed by atoms with Crippen molar-refractivity contribution < 1.29 is 9.90 Å². The van der Waals surface area contributed by atoms with Gasteiger partial charge in [-0.25, -0.2) is 14.8 Å². The van der Waals surface area contributed by atoms with Gasteiger partial charge in [0.25, 0.3) is 5.56 Å². The number of H-pyrrole nitrogens is 1. The highest BCUT2D eigenvalue weighted by Gasteiger charge is 2.43. The Morgan fingerprint density at radius 1 is 1.38 bits per heavy atom. The van der Waals surface area contributed by atoms with E-state index in [2.05, 4.69) is 15.0 Å². The molecule has 2 N–H and O–H groups in total. The number of aliphatic imine (C=N–C) groups is 1. The van der Waals surface area contributed by atoms with Gasteiger partial charge in [-0.3, -0.25) is 4.79 Å². The van der Waals surface area contributed by atoms with Gasteiger partial charge in [0.1, 0.15) is 5.56 Å². The maximum Gasteiger partial charge on any atom is 0.341 e. The van der Waals surface area contributed by atoms with Crippen LogP contribution >= 0.6 is 0 Å². The third kappa shape index (κ3) is 1.59. The zero-order chi connectivity index (χ0) is 14.6. The molecule has 0 unspecified atom stereocenters. The van der Waals surface area contributed by atoms with E-state index in [9.17, 15) is 9.59 Å². The molecule has 2 aromatic heterocycles. The number of aromatic carboxylic acids is 1. The van der Waals surface area contributed by atoms with E-state index >= 15 is 0 Å². The second-order valence-corrected chi connectivity index (χ2v) is 5.46. The molecule has 0 amide bonds. The fourth-order valence-corrected chi connectivity index (χ4v) is 3.23. The van der Waals surface area contributed by atoms with E-state index in [-0.39, 0.29) is 11.0 Å². The van der Waals surface area contributed by atoms with E-state index in [1.165, 1.54) is 6.07 Å². The van der Waals surface area contributed by atoms with Crippen LogP contribution in [0.15, 0.2) is 34.2 Å². The van der Waals surface area contributed by atoms with Crippen LogP contribution < -0.4 is 5.56 Å². The smallest absolute Gasteiger partial charge is 0.341 e. The van der Waals surface area contributed by atoms with E-state index in [1.807, 2.05) is 18.3 Å². The Hall–Kier alpha value is -2.76. The Labute approximate surface area is 119 Å². The molecule has 0 fully saturated rings. The Kier molecular flexibility index (Phi) is 2.22. The van der Waals surface area contributed by atoms with E-state index in [1.54, 1.807) is 6.20 Å². The quantitative estimate of drug-likeness (QED) is 0.821. The number of carboxylic acids is 1. The van der Waals surface area contributed by atoms with E-state index in [0.717, 1.165) is 16.8 Å². The first kappa shape index (κ1) is 12.0. The topological polar surface area (TPSA) is 95.4 Å². The second-order valence-electron chi connectivity index (χ2n) is 5.46. The van der Waals surface area contributed by atoms with Gasteiger partial charge in [0.2, 0.25) is 0 Å². The number of nitrogens with zero attached hydrogens (tertiary/aromatic N) is 2. The second kappa shape index (κ2) is 3.88. The number of hydrogen-bond acceptors (Lipinski definition) is 4. The molecule has 104 valence electrons. The summed E-state index contributed by atoms with van der Waals surface area (Å²) in [5.41, 5.74) is 1.58. The minimum absolute atomic E-state index is 0.216. The molecular formula is C15H11N3O3. The molecule has 2 aromatic rings. The number of aromatic amines is 1. The fourth-order valence-electron chi connectivity index (χ4n) is 3.23. The van der Waals surface area contributed by atoms with Crippen LogP contribution in [0.1, 0.15) is 27.2 Å². The number of carboxylic acid groups (broad SMARTS) is 1. The van der Waals surface area contributed by atoms with Crippen molar-refractivity contribution in [2.75, 3.05) is 0 Å². The van der Waals surface area contributed by atoms with Gasteiger partial charge in [-0.05, 0) is 24.1 Å². The van der Waals surface area contributed by atoms with Crippen LogP contribution in [-0.2, 0) is 18.3 Å². The lowest BCUT2D eigenvalue weighted by Gasteiger charge is -2.20. The number of aromatic nitrogens is 2. The zero-order valence-electron chi connectivity index (χ0n) is 11.0. The molecule has 3 heterocycles. The Bertz CT molecular complexity index is 869. The van der Waals surface area contributed by atoms with Crippen LogP contribution in [0.4, 0.5) is 5.82 Å². The Morgan fingerprint density at radius 2 is 2.24 bits per heavy atom. The van der Waals surface area contributed by atoms with E-state index in [0.29, 0.717) is 18.7 Å². The minimum Gasteiger partial charge on any atom is -0.477 e. The molecule has 0 bridgehead atoms. The summed E-state index contributed by atoms with van der Waals surface area (Å²) in [6.07, 6.45) is 4.80. The lowest BCUT2D eigenvalue weighted by Crippen LogP contribution is -2.26. The number of hydrogen-bond donors (Lipinski definition) is 2. The Balaban J connectivity index is 1.84. The van der Waals surface area contributed by atoms with Crippen molar-refractivity contribution in [2.45, 2.75) is 18.3 Å². The van der Waals surface area contributed by atoms with Crippen LogP contribution in [-0.4, -0.2) is 27.3 Å². The van der Waals surface area contributed by atoms with Crippen LogP contribution in [0.3, 0.4) is 0 Å². The van der Waals surface area contributed by atoms with Crippen molar-refractivity contribution in [1.82, 2.24) is 9.97 Å². The van der Waals surface area contributed by atoms with Crippen molar-refractivity contribution in [1.29, 1.82) is 0 Å². The number of fused-ring (bicyclic) bond motifs is 3. The molecule has 0 saturated carbocycles. The van der Waals surface area contributed by atoms with Crippen LogP contribution in [0.2, 0.25) is 0 Å². The highest BCUT2D eigenvalue weighted by molar-refractivity contribution is 5.89. The summed E-state index contributed by atoms with van der Waals surface area (Å²) in [5.74, 6) is -0.506. The first-order valence-electron chi connectivity index (χ1n) is 6.58. The molecule has 0 aromatic carbocycles. The number of rotatable bonds is 1. The SMILES string of the molecule is O=C(O)c1cc2c([nH]c1=O)C[C@]1(C=Nc3ncccc31)C2. The standard InChI is InChI=1S/C15H11N3O3/c19-13-9(14(20)21)4-8-5-15(6-11(8)18-13)7-17-12-10(15)2-1-3-16-12/h1-4,7H,5-6H2,(H,18,19)(H,20,21)/t15-/m0/s1. The third-order valence-corrected chi connectivity index (χ3v) is 4.20. The van der Waals surface area contributed by atoms with Gasteiger partial charge in [0.05, 0.1) is 0 Å². The fraction of sp³-hybridized carbons (Fsp3) is 0.200. The zero-order valence-corrected chi connectivity index (χ0v) is 11.0. The molecule has 4 rings (SSSR count). The number of pyridine rings is 2. The highest BCUT2D eigenvalue weighted by atomic mass is 16.4. The molecule has 6 heteroatoms. The maximum absolute atomic E-state index is 11.8. The number of carbonyl (C=O) groups is 1. The summed E-state index contributed by atoms with van der Waals surface area (Å²) in [6.45, 7) is 0. The predicted molar refractivity (Wildman–Crippen MR) is 75.5 cm³/mol. The molecule has 0 radical (unpaired) electrons. The van der Waals surface area contributed by atoms with Gasteiger partial charge >= 0.3 is 5.97 Å². The maximum atomic E-state index is 11.8. The lowest BCUT2D eigenvalue weighted by atomic mass is 9.81. The van der Waals surface area contributed by atoms with Crippen LogP contribution in [0.5, 0.6) is 0 Å². The monoisotopic (exact) mass is 281 g/mol. The van der Waals surface area contributed by atoms with Crippen LogP contribution in [0, 0.1) is 0 Å². The molecule has 2 aliphatic rings. The molecule has 1 spiro atoms. The summed E-state index contributed by atoms with van der Waals surface area (Å²) in [7, 11) is 0. The average Bonchev–Trinajstić information content (AvgIpc) is 2.99. The van der Waals surface area contributed by atoms with Crippen LogP contribution in [0.25, 0.3) is 0 Å². The molecule has 6 nitrogen and oxygen atoms in total. The van der Waals surface area contributed by atoms with Crippen molar-refractivity contribution in [3.63, 3.8) is 0 Å². The van der Waals surface area contributed by atoms with Crippen molar-refractivity contribution >= 4 is 18.0 Å². The Morgan fingerprint density at radius 3 is 3.05 bits per heavy atom. The average molecular weight is 281 g/mol. The van der Waals surface area contributed by atoms with Gasteiger partial charge in [0, 0.05) is 35.5 Å². The molecule has 1 aliphatic carbocycles. The molecule has 1 aliphatic heterocycles. The molecule has 21 heavy (non-hydrogen) atoms. The summed E-state index contributed by atoms with van der Waals surface area (Å²) in [6, 6.07) is 5.33. The first-order valence-corrected chi connectivity index (χ1v) is 6.58. The summed E-state index contributed by atoms with van der Waals surface area (Å²) in [4.78, 5) is 34.2. The van der Waals surface area contributed by atoms with E-state index < -0.39 is 11.5 Å². The van der Waals surface area contributed by atoms with E-state index in [4.69, 9.17) is 5.11 Å². The van der Waals surface area contributed by atoms with Gasteiger partial charge < -0.3 is 10.1 Å². The minimum atomic E-state index is -1.21. The van der Waals surface area contributed by atoms with Crippen molar-refractivity contribution in [3.8, 4) is 0 Å². The normalized spacial score (nSPS) is 21.5. The summed E-state index contributed by atoms with van der Waals surface area (Å²) >= 11 is 0. The first-order chi connectivity index (χ1) is 10.1. The largest absolute Gasteiger partial charge is 0.477 e. The van der Waals surface area contributed by atoms with Gasteiger partial charge in [-0.1, -0.05) is 6.07 Å². The molecule has 0 saturated heterocycles. The predicted octanol–water partition coefficient (Wildman–Crippen LogP) is 1.22. The third-order valence-electron chi connectivity index (χ3n) is 4.20. The highest BCUT2D eigenvalue weighted by Crippen LogP contribution is 2.44. The summed E-state index contributed by atoms with van der Waals surface area (Å²) < 4.78 is 0. The van der Waals surface area contributed by atoms with Gasteiger partial charge in [0.15, 0.2) is 5.82 Å². The molecular weight excluding hydrogens is 270 g/mol. The van der Waals surface area contributed by atoms with Crippen molar-refractivity contribution in [2.24, 2.45) is 4.99 Å². The van der Waals surface area contributed by atoms with Crippen molar-refractivity contribution in [3.05, 3.63) is 57.1 Å². The lowest BCUT2D eigenvalue weighted by molar-refractivity contribution is 0.0695. The number of nitrogens with one attached hydrogen (secondary N) is 1. The molecule has 1 atom stereocenters. The summed E-state index contributed by atoms with van der Waals surface area (Å²) in [5, 5.41) is 9.06. The van der Waals surface area contributed by atoms with Gasteiger partial charge in [-0.2, -0.15) is 0 Å². The van der Waals surface area contributed by atoms with Gasteiger partial charge in [-0.15, -0.1) is 0 Å².